The van der Waals surface area contributed by atoms with Gasteiger partial charge in [0.15, 0.2) is 0 Å². The summed E-state index contributed by atoms with van der Waals surface area (Å²) in [5, 5.41) is -1.58. The average molecular weight is 188 g/mol. The van der Waals surface area contributed by atoms with Crippen LogP contribution in [-0.2, 0) is 9.84 Å². The van der Waals surface area contributed by atoms with Crippen LogP contribution < -0.4 is 0 Å². The van der Waals surface area contributed by atoms with Gasteiger partial charge in [-0.2, -0.15) is 13.2 Å². The lowest BCUT2D eigenvalue weighted by Gasteiger charge is -2.10. The Balaban J connectivity index is 4.91. The highest BCUT2D eigenvalue weighted by Gasteiger charge is 2.47. The standard InChI is InChI=1S/C5H7F3O2S/c1-3-4(2)11(9,10)5(6,7)8/h3-4H,1H2,2H3/t4-/m0/s1. The van der Waals surface area contributed by atoms with E-state index >= 15 is 0 Å². The Kier molecular flexibility index (Phi) is 2.71. The number of sulfone groups is 1. The smallest absolute Gasteiger partial charge is 0.219 e. The van der Waals surface area contributed by atoms with Crippen molar-refractivity contribution in [1.82, 2.24) is 0 Å². The molecule has 6 heteroatoms. The molecule has 0 aliphatic carbocycles. The lowest BCUT2D eigenvalue weighted by molar-refractivity contribution is -0.0439. The van der Waals surface area contributed by atoms with Crippen LogP contribution in [0.2, 0.25) is 0 Å². The molecule has 0 aromatic carbocycles. The largest absolute Gasteiger partial charge is 0.497 e. The highest BCUT2D eigenvalue weighted by Crippen LogP contribution is 2.27. The van der Waals surface area contributed by atoms with Crippen molar-refractivity contribution in [3.8, 4) is 0 Å². The molecular formula is C5H7F3O2S. The van der Waals surface area contributed by atoms with Crippen LogP contribution in [-0.4, -0.2) is 19.2 Å². The van der Waals surface area contributed by atoms with E-state index in [1.165, 1.54) is 0 Å². The molecule has 0 heterocycles. The van der Waals surface area contributed by atoms with Gasteiger partial charge in [-0.15, -0.1) is 6.58 Å². The third kappa shape index (κ3) is 1.95. The fraction of sp³-hybridized carbons (Fsp3) is 0.600. The molecule has 0 aliphatic rings. The molecule has 0 unspecified atom stereocenters. The van der Waals surface area contributed by atoms with E-state index in [-0.39, 0.29) is 0 Å². The minimum absolute atomic E-state index is 0.739. The number of hydrogen-bond donors (Lipinski definition) is 0. The highest BCUT2D eigenvalue weighted by atomic mass is 32.2. The highest BCUT2D eigenvalue weighted by molar-refractivity contribution is 7.93. The van der Waals surface area contributed by atoms with Crippen molar-refractivity contribution >= 4 is 9.84 Å². The normalized spacial score (nSPS) is 16.0. The number of alkyl halides is 3. The van der Waals surface area contributed by atoms with Crippen molar-refractivity contribution in [3.63, 3.8) is 0 Å². The summed E-state index contributed by atoms with van der Waals surface area (Å²) >= 11 is 0. The van der Waals surface area contributed by atoms with Crippen molar-refractivity contribution in [3.05, 3.63) is 12.7 Å². The fourth-order valence-electron chi connectivity index (χ4n) is 0.337. The van der Waals surface area contributed by atoms with Gasteiger partial charge in [0.05, 0.1) is 5.25 Å². The molecule has 0 N–H and O–H groups in total. The van der Waals surface area contributed by atoms with E-state index in [0.29, 0.717) is 0 Å². The van der Waals surface area contributed by atoms with Crippen molar-refractivity contribution < 1.29 is 21.6 Å². The SMILES string of the molecule is C=C[C@H](C)S(=O)(=O)C(F)(F)F. The predicted molar refractivity (Wildman–Crippen MR) is 34.6 cm³/mol. The molecule has 0 radical (unpaired) electrons. The fourth-order valence-corrected chi connectivity index (χ4v) is 1.01. The summed E-state index contributed by atoms with van der Waals surface area (Å²) in [6.07, 6.45) is 0.739. The second-order valence-electron chi connectivity index (χ2n) is 1.93. The third-order valence-electron chi connectivity index (χ3n) is 1.14. The zero-order valence-electron chi connectivity index (χ0n) is 5.72. The zero-order chi connectivity index (χ0) is 9.28. The summed E-state index contributed by atoms with van der Waals surface area (Å²) < 4.78 is 55.7. The van der Waals surface area contributed by atoms with Crippen molar-refractivity contribution in [2.45, 2.75) is 17.7 Å². The predicted octanol–water partition coefficient (Wildman–Crippen LogP) is 1.50. The van der Waals surface area contributed by atoms with Gasteiger partial charge in [-0.3, -0.25) is 0 Å². The summed E-state index contributed by atoms with van der Waals surface area (Å²) in [6, 6.07) is 0. The lowest BCUT2D eigenvalue weighted by Crippen LogP contribution is -2.31. The third-order valence-corrected chi connectivity index (χ3v) is 2.96. The molecule has 0 aromatic rings. The molecular weight excluding hydrogens is 181 g/mol. The maximum Gasteiger partial charge on any atom is 0.497 e. The van der Waals surface area contributed by atoms with Crippen LogP contribution >= 0.6 is 0 Å². The average Bonchev–Trinajstić information content (AvgIpc) is 1.83. The number of hydrogen-bond acceptors (Lipinski definition) is 2. The van der Waals surface area contributed by atoms with E-state index in [2.05, 4.69) is 6.58 Å². The first kappa shape index (κ1) is 10.5. The van der Waals surface area contributed by atoms with Gasteiger partial charge in [-0.1, -0.05) is 6.08 Å². The Morgan fingerprint density at radius 2 is 1.82 bits per heavy atom. The molecule has 0 saturated carbocycles. The summed E-state index contributed by atoms with van der Waals surface area (Å²) in [6.45, 7) is 3.89. The van der Waals surface area contributed by atoms with Gasteiger partial charge in [0.1, 0.15) is 0 Å². The van der Waals surface area contributed by atoms with Crippen LogP contribution in [0.5, 0.6) is 0 Å². The van der Waals surface area contributed by atoms with Crippen LogP contribution in [0.15, 0.2) is 12.7 Å². The van der Waals surface area contributed by atoms with E-state index in [1.807, 2.05) is 0 Å². The molecule has 2 nitrogen and oxygen atoms in total. The zero-order valence-corrected chi connectivity index (χ0v) is 6.54. The first-order chi connectivity index (χ1) is 4.73. The van der Waals surface area contributed by atoms with Gasteiger partial charge < -0.3 is 0 Å². The van der Waals surface area contributed by atoms with Crippen LogP contribution in [0.3, 0.4) is 0 Å². The Labute approximate surface area is 62.6 Å². The van der Waals surface area contributed by atoms with Gasteiger partial charge in [-0.25, -0.2) is 8.42 Å². The summed E-state index contributed by atoms with van der Waals surface area (Å²) in [5.74, 6) is 0. The van der Waals surface area contributed by atoms with E-state index in [0.717, 1.165) is 13.0 Å². The Morgan fingerprint density at radius 3 is 1.91 bits per heavy atom. The molecule has 0 aliphatic heterocycles. The van der Waals surface area contributed by atoms with E-state index < -0.39 is 20.6 Å². The van der Waals surface area contributed by atoms with Gasteiger partial charge in [-0.05, 0) is 6.92 Å². The Bertz CT molecular complexity index is 239. The van der Waals surface area contributed by atoms with E-state index in [9.17, 15) is 21.6 Å². The molecule has 11 heavy (non-hydrogen) atoms. The van der Waals surface area contributed by atoms with Crippen LogP contribution in [0.25, 0.3) is 0 Å². The lowest BCUT2D eigenvalue weighted by atomic mass is 10.5. The van der Waals surface area contributed by atoms with Crippen LogP contribution in [0.4, 0.5) is 13.2 Å². The first-order valence-electron chi connectivity index (χ1n) is 2.66. The van der Waals surface area contributed by atoms with Gasteiger partial charge in [0, 0.05) is 0 Å². The monoisotopic (exact) mass is 188 g/mol. The second kappa shape index (κ2) is 2.84. The van der Waals surface area contributed by atoms with Crippen molar-refractivity contribution in [2.75, 3.05) is 0 Å². The van der Waals surface area contributed by atoms with E-state index in [4.69, 9.17) is 0 Å². The number of rotatable bonds is 2. The molecule has 0 saturated heterocycles. The maximum atomic E-state index is 11.6. The molecule has 1 atom stereocenters. The maximum absolute atomic E-state index is 11.6. The van der Waals surface area contributed by atoms with Crippen molar-refractivity contribution in [1.29, 1.82) is 0 Å². The molecule has 0 fully saturated rings. The molecule has 0 rings (SSSR count). The molecule has 0 bridgehead atoms. The molecule has 66 valence electrons. The number of halogens is 3. The van der Waals surface area contributed by atoms with Crippen molar-refractivity contribution in [2.24, 2.45) is 0 Å². The molecule has 0 aromatic heterocycles. The van der Waals surface area contributed by atoms with Gasteiger partial charge >= 0.3 is 5.51 Å². The summed E-state index contributed by atoms with van der Waals surface area (Å²) in [5.41, 5.74) is -5.18. The Hall–Kier alpha value is -0.520. The van der Waals surface area contributed by atoms with Crippen LogP contribution in [0, 0.1) is 0 Å². The molecule has 0 amide bonds. The minimum atomic E-state index is -5.18. The van der Waals surface area contributed by atoms with Gasteiger partial charge in [0.2, 0.25) is 0 Å². The van der Waals surface area contributed by atoms with E-state index in [1.54, 1.807) is 0 Å². The Morgan fingerprint density at radius 1 is 1.45 bits per heavy atom. The quantitative estimate of drug-likeness (QED) is 0.615. The van der Waals surface area contributed by atoms with Gasteiger partial charge in [0.25, 0.3) is 9.84 Å². The summed E-state index contributed by atoms with van der Waals surface area (Å²) in [4.78, 5) is 0. The molecule has 0 spiro atoms. The summed E-state index contributed by atoms with van der Waals surface area (Å²) in [7, 11) is -5.04. The first-order valence-corrected chi connectivity index (χ1v) is 4.21. The topological polar surface area (TPSA) is 34.1 Å². The second-order valence-corrected chi connectivity index (χ2v) is 4.23. The minimum Gasteiger partial charge on any atom is -0.219 e. The van der Waals surface area contributed by atoms with Crippen LogP contribution in [0.1, 0.15) is 6.92 Å².